The maximum absolute atomic E-state index is 12.7. The number of piperidine rings is 1. The van der Waals surface area contributed by atoms with Crippen LogP contribution in [0.5, 0.6) is 0 Å². The zero-order valence-corrected chi connectivity index (χ0v) is 16.5. The van der Waals surface area contributed by atoms with E-state index in [0.29, 0.717) is 36.5 Å². The molecule has 7 heteroatoms. The van der Waals surface area contributed by atoms with E-state index in [2.05, 4.69) is 5.32 Å². The molecule has 0 aliphatic carbocycles. The standard InChI is InChI=1S/C20H23ClN2O3S/c21-19-10-8-17(9-11-19)15-27(25,26)23-12-4-7-18(14-23)20(24)22-13-16-5-2-1-3-6-16/h1-3,5-6,8-11,18H,4,7,12-15H2,(H,22,24). The van der Waals surface area contributed by atoms with Crippen LogP contribution in [0.3, 0.4) is 0 Å². The van der Waals surface area contributed by atoms with Crippen molar-refractivity contribution in [3.05, 3.63) is 70.7 Å². The van der Waals surface area contributed by atoms with Crippen molar-refractivity contribution in [1.29, 1.82) is 0 Å². The highest BCUT2D eigenvalue weighted by Crippen LogP contribution is 2.22. The van der Waals surface area contributed by atoms with Crippen molar-refractivity contribution < 1.29 is 13.2 Å². The summed E-state index contributed by atoms with van der Waals surface area (Å²) in [7, 11) is -3.47. The Morgan fingerprint density at radius 3 is 2.48 bits per heavy atom. The van der Waals surface area contributed by atoms with Crippen molar-refractivity contribution in [2.75, 3.05) is 13.1 Å². The second-order valence-electron chi connectivity index (χ2n) is 6.78. The first-order valence-electron chi connectivity index (χ1n) is 8.98. The average molecular weight is 407 g/mol. The second-order valence-corrected chi connectivity index (χ2v) is 9.19. The van der Waals surface area contributed by atoms with Crippen molar-refractivity contribution in [3.63, 3.8) is 0 Å². The topological polar surface area (TPSA) is 66.5 Å². The zero-order valence-electron chi connectivity index (χ0n) is 15.0. The molecule has 1 N–H and O–H groups in total. The van der Waals surface area contributed by atoms with Gasteiger partial charge in [0.15, 0.2) is 0 Å². The van der Waals surface area contributed by atoms with Crippen molar-refractivity contribution >= 4 is 27.5 Å². The number of hydrogen-bond acceptors (Lipinski definition) is 3. The molecule has 1 fully saturated rings. The number of carbonyl (C=O) groups excluding carboxylic acids is 1. The molecular weight excluding hydrogens is 384 g/mol. The number of amides is 1. The van der Waals surface area contributed by atoms with Crippen molar-refractivity contribution in [2.45, 2.75) is 25.1 Å². The molecule has 0 radical (unpaired) electrons. The van der Waals surface area contributed by atoms with E-state index in [4.69, 9.17) is 11.6 Å². The molecule has 5 nitrogen and oxygen atoms in total. The summed E-state index contributed by atoms with van der Waals surface area (Å²) in [5.74, 6) is -0.490. The fraction of sp³-hybridized carbons (Fsp3) is 0.350. The van der Waals surface area contributed by atoms with E-state index in [1.807, 2.05) is 30.3 Å². The first-order chi connectivity index (χ1) is 12.9. The van der Waals surface area contributed by atoms with Crippen LogP contribution in [0.4, 0.5) is 0 Å². The lowest BCUT2D eigenvalue weighted by atomic mass is 9.99. The Morgan fingerprint density at radius 2 is 1.78 bits per heavy atom. The molecule has 27 heavy (non-hydrogen) atoms. The largest absolute Gasteiger partial charge is 0.352 e. The normalized spacial score (nSPS) is 18.2. The van der Waals surface area contributed by atoms with Crippen LogP contribution in [0.15, 0.2) is 54.6 Å². The predicted octanol–water partition coefficient (Wildman–Crippen LogP) is 3.20. The predicted molar refractivity (Wildman–Crippen MR) is 107 cm³/mol. The molecule has 0 aromatic heterocycles. The van der Waals surface area contributed by atoms with Crippen molar-refractivity contribution in [1.82, 2.24) is 9.62 Å². The third-order valence-corrected chi connectivity index (χ3v) is 6.79. The van der Waals surface area contributed by atoms with Gasteiger partial charge in [0.2, 0.25) is 15.9 Å². The lowest BCUT2D eigenvalue weighted by molar-refractivity contribution is -0.126. The highest BCUT2D eigenvalue weighted by Gasteiger charge is 2.32. The van der Waals surface area contributed by atoms with Gasteiger partial charge in [0.1, 0.15) is 0 Å². The first kappa shape index (κ1) is 19.9. The lowest BCUT2D eigenvalue weighted by Gasteiger charge is -2.31. The van der Waals surface area contributed by atoms with Crippen LogP contribution in [0.1, 0.15) is 24.0 Å². The molecule has 0 saturated carbocycles. The van der Waals surface area contributed by atoms with Gasteiger partial charge in [-0.3, -0.25) is 4.79 Å². The number of halogens is 1. The van der Waals surface area contributed by atoms with E-state index < -0.39 is 10.0 Å². The summed E-state index contributed by atoms with van der Waals surface area (Å²) in [6.45, 7) is 1.14. The Kier molecular flexibility index (Phi) is 6.52. The van der Waals surface area contributed by atoms with Crippen LogP contribution in [-0.4, -0.2) is 31.7 Å². The molecule has 144 valence electrons. The zero-order chi connectivity index (χ0) is 19.3. The molecule has 1 amide bonds. The summed E-state index contributed by atoms with van der Waals surface area (Å²) in [5.41, 5.74) is 1.71. The number of carbonyl (C=O) groups is 1. The van der Waals surface area contributed by atoms with Gasteiger partial charge < -0.3 is 5.32 Å². The van der Waals surface area contributed by atoms with Gasteiger partial charge in [-0.2, -0.15) is 0 Å². The monoisotopic (exact) mass is 406 g/mol. The minimum atomic E-state index is -3.47. The summed E-state index contributed by atoms with van der Waals surface area (Å²) in [6.07, 6.45) is 1.39. The fourth-order valence-corrected chi connectivity index (χ4v) is 4.96. The molecule has 0 spiro atoms. The fourth-order valence-electron chi connectivity index (χ4n) is 3.22. The van der Waals surface area contributed by atoms with E-state index in [9.17, 15) is 13.2 Å². The van der Waals surface area contributed by atoms with E-state index in [1.54, 1.807) is 24.3 Å². The van der Waals surface area contributed by atoms with Gasteiger partial charge in [0.25, 0.3) is 0 Å². The van der Waals surface area contributed by atoms with Gasteiger partial charge >= 0.3 is 0 Å². The molecule has 1 heterocycles. The van der Waals surface area contributed by atoms with Gasteiger partial charge in [0.05, 0.1) is 11.7 Å². The third kappa shape index (κ3) is 5.54. The van der Waals surface area contributed by atoms with Crippen LogP contribution in [0.2, 0.25) is 5.02 Å². The number of hydrogen-bond donors (Lipinski definition) is 1. The SMILES string of the molecule is O=C(NCc1ccccc1)C1CCCN(S(=O)(=O)Cc2ccc(Cl)cc2)C1. The molecule has 2 aromatic carbocycles. The second kappa shape index (κ2) is 8.87. The van der Waals surface area contributed by atoms with Crippen LogP contribution in [0.25, 0.3) is 0 Å². The Balaban J connectivity index is 1.59. The molecular formula is C20H23ClN2O3S. The van der Waals surface area contributed by atoms with Gasteiger partial charge in [0, 0.05) is 24.7 Å². The van der Waals surface area contributed by atoms with E-state index in [-0.39, 0.29) is 24.1 Å². The maximum Gasteiger partial charge on any atom is 0.224 e. The Hall–Kier alpha value is -1.89. The van der Waals surface area contributed by atoms with Gasteiger partial charge in [-0.15, -0.1) is 0 Å². The first-order valence-corrected chi connectivity index (χ1v) is 11.0. The molecule has 1 saturated heterocycles. The minimum absolute atomic E-state index is 0.0808. The number of sulfonamides is 1. The molecule has 3 rings (SSSR count). The Bertz CT molecular complexity index is 870. The lowest BCUT2D eigenvalue weighted by Crippen LogP contribution is -2.45. The Labute approximate surface area is 165 Å². The molecule has 1 aliphatic heterocycles. The summed E-state index contributed by atoms with van der Waals surface area (Å²) < 4.78 is 26.9. The molecule has 1 unspecified atom stereocenters. The molecule has 1 atom stereocenters. The average Bonchev–Trinajstić information content (AvgIpc) is 2.68. The van der Waals surface area contributed by atoms with E-state index in [0.717, 1.165) is 5.56 Å². The van der Waals surface area contributed by atoms with E-state index >= 15 is 0 Å². The number of nitrogens with zero attached hydrogens (tertiary/aromatic N) is 1. The summed E-state index contributed by atoms with van der Waals surface area (Å²) in [6, 6.07) is 16.5. The van der Waals surface area contributed by atoms with Gasteiger partial charge in [-0.25, -0.2) is 12.7 Å². The van der Waals surface area contributed by atoms with Crippen LogP contribution >= 0.6 is 11.6 Å². The van der Waals surface area contributed by atoms with Crippen molar-refractivity contribution in [2.24, 2.45) is 5.92 Å². The number of nitrogens with one attached hydrogen (secondary N) is 1. The summed E-state index contributed by atoms with van der Waals surface area (Å²) in [4.78, 5) is 12.5. The van der Waals surface area contributed by atoms with Crippen LogP contribution in [-0.2, 0) is 27.1 Å². The van der Waals surface area contributed by atoms with E-state index in [1.165, 1.54) is 4.31 Å². The van der Waals surface area contributed by atoms with Crippen LogP contribution in [0, 0.1) is 5.92 Å². The summed E-state index contributed by atoms with van der Waals surface area (Å²) >= 11 is 5.86. The minimum Gasteiger partial charge on any atom is -0.352 e. The number of rotatable bonds is 6. The quantitative estimate of drug-likeness (QED) is 0.801. The van der Waals surface area contributed by atoms with Gasteiger partial charge in [-0.05, 0) is 36.1 Å². The Morgan fingerprint density at radius 1 is 1.07 bits per heavy atom. The highest BCUT2D eigenvalue weighted by molar-refractivity contribution is 7.88. The molecule has 0 bridgehead atoms. The maximum atomic E-state index is 12.7. The molecule has 1 aliphatic rings. The van der Waals surface area contributed by atoms with Crippen LogP contribution < -0.4 is 5.32 Å². The number of benzene rings is 2. The third-order valence-electron chi connectivity index (χ3n) is 4.72. The summed E-state index contributed by atoms with van der Waals surface area (Å²) in [5, 5.41) is 3.49. The molecule has 2 aromatic rings. The smallest absolute Gasteiger partial charge is 0.224 e. The highest BCUT2D eigenvalue weighted by atomic mass is 35.5. The van der Waals surface area contributed by atoms with Crippen molar-refractivity contribution in [3.8, 4) is 0 Å². The van der Waals surface area contributed by atoms with Gasteiger partial charge in [-0.1, -0.05) is 54.1 Å².